The Morgan fingerprint density at radius 2 is 1.20 bits per heavy atom. The molecule has 0 saturated carbocycles. The maximum atomic E-state index is 13.3. The first-order valence-corrected chi connectivity index (χ1v) is 22.2. The molecule has 368 valence electrons. The lowest BCUT2D eigenvalue weighted by molar-refractivity contribution is -0.140. The van der Waals surface area contributed by atoms with E-state index in [-0.39, 0.29) is 38.3 Å². The fourth-order valence-electron chi connectivity index (χ4n) is 6.60. The standard InChI is InChI=1S/C31H30N4O5.C23H27N3O5/c1-21-29(39-20-24-8-6-7-23(15-24)17-33)27(13-14-28(36)38-5)25(18-34-21)19-35(30(37)40-31(2,3)4)26-11-9-22(16-32)10-12-26;1-15-21(28)19(10-11-20(27)30-5)17(13-25-15)14-26(22(29)31-23(2,3)4)18-8-6-16(12-24)7-9-18/h6-15,18H,19-20H2,1-5H3;6-9,13,28H,10-11,14H2,1-5H3/b14-13+;. The molecule has 0 radical (unpaired) electrons. The molecule has 17 nitrogen and oxygen atoms in total. The molecule has 0 unspecified atom stereocenters. The van der Waals surface area contributed by atoms with Gasteiger partial charge in [-0.2, -0.15) is 15.8 Å². The van der Waals surface area contributed by atoms with Gasteiger partial charge in [0.05, 0.1) is 73.6 Å². The van der Waals surface area contributed by atoms with Crippen LogP contribution in [0, 0.1) is 47.8 Å². The number of methoxy groups -OCH3 is 2. The molecule has 1 N–H and O–H groups in total. The van der Waals surface area contributed by atoms with Crippen LogP contribution in [0.3, 0.4) is 0 Å². The van der Waals surface area contributed by atoms with Gasteiger partial charge < -0.3 is 28.8 Å². The molecule has 0 atom stereocenters. The fraction of sp³-hybridized carbons (Fsp3) is 0.315. The quantitative estimate of drug-likeness (QED) is 0.0619. The van der Waals surface area contributed by atoms with E-state index in [2.05, 4.69) is 22.1 Å². The predicted octanol–water partition coefficient (Wildman–Crippen LogP) is 9.85. The van der Waals surface area contributed by atoms with Crippen LogP contribution in [0.1, 0.15) is 104 Å². The van der Waals surface area contributed by atoms with Crippen molar-refractivity contribution in [3.63, 3.8) is 0 Å². The van der Waals surface area contributed by atoms with Crippen LogP contribution in [-0.4, -0.2) is 64.6 Å². The van der Waals surface area contributed by atoms with E-state index in [1.807, 2.05) is 12.1 Å². The largest absolute Gasteiger partial charge is 0.506 e. The molecule has 0 fully saturated rings. The number of nitriles is 3. The van der Waals surface area contributed by atoms with Gasteiger partial charge in [-0.1, -0.05) is 12.1 Å². The number of esters is 2. The molecule has 5 aromatic rings. The van der Waals surface area contributed by atoms with Crippen molar-refractivity contribution >= 4 is 41.6 Å². The fourth-order valence-corrected chi connectivity index (χ4v) is 6.60. The maximum absolute atomic E-state index is 13.3. The van der Waals surface area contributed by atoms with Crippen molar-refractivity contribution < 1.29 is 48.0 Å². The van der Waals surface area contributed by atoms with Crippen LogP contribution in [0.15, 0.2) is 91.3 Å². The zero-order chi connectivity index (χ0) is 52.5. The number of nitrogens with zero attached hydrogens (tertiary/aromatic N) is 7. The summed E-state index contributed by atoms with van der Waals surface area (Å²) in [5, 5.41) is 38.0. The number of amides is 2. The van der Waals surface area contributed by atoms with Gasteiger partial charge >= 0.3 is 24.1 Å². The molecule has 0 aliphatic carbocycles. The summed E-state index contributed by atoms with van der Waals surface area (Å²) < 4.78 is 26.9. The number of benzene rings is 3. The topological polar surface area (TPSA) is 238 Å². The summed E-state index contributed by atoms with van der Waals surface area (Å²) in [7, 11) is 2.58. The lowest BCUT2D eigenvalue weighted by Gasteiger charge is -2.28. The average molecular weight is 964 g/mol. The van der Waals surface area contributed by atoms with Gasteiger partial charge in [-0.3, -0.25) is 24.6 Å². The number of carbonyl (C=O) groups excluding carboxylic acids is 4. The van der Waals surface area contributed by atoms with Crippen molar-refractivity contribution in [3.05, 3.63) is 147 Å². The Morgan fingerprint density at radius 1 is 0.690 bits per heavy atom. The molecule has 0 saturated heterocycles. The number of hydrogen-bond donors (Lipinski definition) is 1. The summed E-state index contributed by atoms with van der Waals surface area (Å²) >= 11 is 0. The SMILES string of the molecule is COC(=O)/C=C/c1c(CN(C(=O)OC(C)(C)C)c2ccc(C#N)cc2)cnc(C)c1OCc1cccc(C#N)c1.COC(=O)CCc1c(CN(C(=O)OC(C)(C)C)c2ccc(C#N)cc2)cnc(C)c1O. The Labute approximate surface area is 414 Å². The van der Waals surface area contributed by atoms with E-state index in [9.17, 15) is 34.8 Å². The summed E-state index contributed by atoms with van der Waals surface area (Å²) in [6, 6.07) is 26.3. The van der Waals surface area contributed by atoms with E-state index in [0.29, 0.717) is 67.5 Å². The number of pyridine rings is 2. The minimum atomic E-state index is -0.757. The highest BCUT2D eigenvalue weighted by Crippen LogP contribution is 2.32. The zero-order valence-electron chi connectivity index (χ0n) is 41.5. The number of rotatable bonds is 14. The van der Waals surface area contributed by atoms with Crippen LogP contribution in [-0.2, 0) is 54.7 Å². The van der Waals surface area contributed by atoms with Gasteiger partial charge in [0.1, 0.15) is 29.3 Å². The molecule has 2 heterocycles. The van der Waals surface area contributed by atoms with Gasteiger partial charge in [0.25, 0.3) is 0 Å². The van der Waals surface area contributed by atoms with Gasteiger partial charge in [-0.15, -0.1) is 0 Å². The van der Waals surface area contributed by atoms with Crippen molar-refractivity contribution in [3.8, 4) is 29.7 Å². The van der Waals surface area contributed by atoms with Crippen LogP contribution in [0.4, 0.5) is 21.0 Å². The molecule has 2 amide bonds. The highest BCUT2D eigenvalue weighted by molar-refractivity contribution is 5.90. The molecule has 71 heavy (non-hydrogen) atoms. The molecule has 0 spiro atoms. The summed E-state index contributed by atoms with van der Waals surface area (Å²) in [6.07, 6.45) is 5.12. The van der Waals surface area contributed by atoms with Crippen molar-refractivity contribution in [2.24, 2.45) is 0 Å². The number of aromatic hydroxyl groups is 1. The van der Waals surface area contributed by atoms with Gasteiger partial charge in [-0.25, -0.2) is 14.4 Å². The highest BCUT2D eigenvalue weighted by atomic mass is 16.6. The van der Waals surface area contributed by atoms with E-state index in [1.165, 1.54) is 30.1 Å². The van der Waals surface area contributed by atoms with Gasteiger partial charge in [-0.05, 0) is 140 Å². The average Bonchev–Trinajstić information content (AvgIpc) is 3.34. The van der Waals surface area contributed by atoms with E-state index < -0.39 is 35.3 Å². The van der Waals surface area contributed by atoms with Gasteiger partial charge in [0.15, 0.2) is 0 Å². The summed E-state index contributed by atoms with van der Waals surface area (Å²) in [4.78, 5) is 61.5. The van der Waals surface area contributed by atoms with Crippen LogP contribution >= 0.6 is 0 Å². The molecule has 3 aromatic carbocycles. The molecule has 2 aromatic heterocycles. The minimum Gasteiger partial charge on any atom is -0.506 e. The Morgan fingerprint density at radius 3 is 1.69 bits per heavy atom. The summed E-state index contributed by atoms with van der Waals surface area (Å²) in [5.41, 5.74) is 4.91. The second-order valence-electron chi connectivity index (χ2n) is 17.8. The smallest absolute Gasteiger partial charge is 0.415 e. The van der Waals surface area contributed by atoms with Gasteiger partial charge in [0.2, 0.25) is 0 Å². The van der Waals surface area contributed by atoms with Crippen molar-refractivity contribution in [2.45, 2.75) is 99.1 Å². The highest BCUT2D eigenvalue weighted by Gasteiger charge is 2.28. The van der Waals surface area contributed by atoms with Crippen LogP contribution < -0.4 is 14.5 Å². The number of hydrogen-bond acceptors (Lipinski definition) is 15. The Bertz CT molecular complexity index is 2860. The second kappa shape index (κ2) is 25.0. The van der Waals surface area contributed by atoms with E-state index in [4.69, 9.17) is 28.9 Å². The normalized spacial score (nSPS) is 10.9. The van der Waals surface area contributed by atoms with E-state index >= 15 is 0 Å². The van der Waals surface area contributed by atoms with Gasteiger partial charge in [0, 0.05) is 53.0 Å². The molecule has 0 aliphatic rings. The lowest BCUT2D eigenvalue weighted by Crippen LogP contribution is -2.36. The van der Waals surface area contributed by atoms with E-state index in [1.54, 1.807) is 141 Å². The Kier molecular flexibility index (Phi) is 19.3. The first-order chi connectivity index (χ1) is 33.6. The molecule has 5 rings (SSSR count). The monoisotopic (exact) mass is 963 g/mol. The van der Waals surface area contributed by atoms with Crippen molar-refractivity contribution in [2.75, 3.05) is 24.0 Å². The van der Waals surface area contributed by atoms with Crippen LogP contribution in [0.25, 0.3) is 6.08 Å². The maximum Gasteiger partial charge on any atom is 0.415 e. The predicted molar refractivity (Wildman–Crippen MR) is 264 cm³/mol. The third kappa shape index (κ3) is 16.5. The van der Waals surface area contributed by atoms with Crippen molar-refractivity contribution in [1.82, 2.24) is 9.97 Å². The number of anilines is 2. The number of ether oxygens (including phenoxy) is 5. The number of carbonyl (C=O) groups is 4. The molecule has 0 bridgehead atoms. The molecule has 0 aliphatic heterocycles. The third-order valence-corrected chi connectivity index (χ3v) is 10.1. The van der Waals surface area contributed by atoms with Crippen LogP contribution in [0.2, 0.25) is 0 Å². The molecule has 17 heteroatoms. The lowest BCUT2D eigenvalue weighted by atomic mass is 10.0. The third-order valence-electron chi connectivity index (χ3n) is 10.1. The molecular weight excluding hydrogens is 907 g/mol. The molecular formula is C54H57N7O10. The Balaban J connectivity index is 0.000000319. The first-order valence-electron chi connectivity index (χ1n) is 22.2. The second-order valence-corrected chi connectivity index (χ2v) is 17.8. The summed E-state index contributed by atoms with van der Waals surface area (Å²) in [6.45, 7) is 14.3. The minimum absolute atomic E-state index is 0.0228. The Hall–Kier alpha value is -8.75. The number of aromatic nitrogens is 2. The summed E-state index contributed by atoms with van der Waals surface area (Å²) in [5.74, 6) is -0.588. The number of aryl methyl sites for hydroxylation is 2. The van der Waals surface area contributed by atoms with Crippen molar-refractivity contribution in [1.29, 1.82) is 15.8 Å². The van der Waals surface area contributed by atoms with Crippen LogP contribution in [0.5, 0.6) is 11.5 Å². The van der Waals surface area contributed by atoms with E-state index in [0.717, 1.165) is 5.56 Å². The first kappa shape index (κ1) is 54.9. The zero-order valence-corrected chi connectivity index (χ0v) is 41.5.